The molecular formula is C15H18N2O2S. The maximum atomic E-state index is 12.1. The maximum Gasteiger partial charge on any atom is 0.224 e. The average molecular weight is 290 g/mol. The van der Waals surface area contributed by atoms with Crippen LogP contribution in [-0.2, 0) is 4.79 Å². The fourth-order valence-corrected chi connectivity index (χ4v) is 3.53. The Morgan fingerprint density at radius 2 is 2.25 bits per heavy atom. The van der Waals surface area contributed by atoms with Gasteiger partial charge in [-0.3, -0.25) is 4.79 Å². The number of thioether (sulfide) groups is 1. The molecule has 1 heterocycles. The normalized spacial score (nSPS) is 15.4. The average Bonchev–Trinajstić information content (AvgIpc) is 2.48. The third-order valence-electron chi connectivity index (χ3n) is 3.45. The van der Waals surface area contributed by atoms with E-state index in [2.05, 4.69) is 11.4 Å². The van der Waals surface area contributed by atoms with Gasteiger partial charge in [-0.1, -0.05) is 6.07 Å². The Bertz CT molecular complexity index is 519. The van der Waals surface area contributed by atoms with Crippen molar-refractivity contribution in [3.05, 3.63) is 23.8 Å². The fourth-order valence-electron chi connectivity index (χ4n) is 2.33. The zero-order valence-electron chi connectivity index (χ0n) is 11.5. The van der Waals surface area contributed by atoms with Crippen LogP contribution in [0.5, 0.6) is 5.75 Å². The Labute approximate surface area is 123 Å². The van der Waals surface area contributed by atoms with Crippen molar-refractivity contribution in [1.29, 1.82) is 5.26 Å². The minimum absolute atomic E-state index is 0.0390. The van der Waals surface area contributed by atoms with Crippen LogP contribution in [-0.4, -0.2) is 24.5 Å². The van der Waals surface area contributed by atoms with Gasteiger partial charge in [0.1, 0.15) is 17.5 Å². The number of anilines is 1. The number of benzene rings is 1. The van der Waals surface area contributed by atoms with E-state index in [0.717, 1.165) is 24.3 Å². The van der Waals surface area contributed by atoms with Gasteiger partial charge in [0.15, 0.2) is 0 Å². The number of amides is 1. The highest BCUT2D eigenvalue weighted by Crippen LogP contribution is 2.29. The van der Waals surface area contributed by atoms with Crippen molar-refractivity contribution in [3.63, 3.8) is 0 Å². The molecule has 0 saturated carbocycles. The summed E-state index contributed by atoms with van der Waals surface area (Å²) < 4.78 is 5.21. The van der Waals surface area contributed by atoms with Gasteiger partial charge in [-0.2, -0.15) is 17.0 Å². The molecule has 0 atom stereocenters. The molecule has 20 heavy (non-hydrogen) atoms. The van der Waals surface area contributed by atoms with Gasteiger partial charge in [0.2, 0.25) is 5.91 Å². The second kappa shape index (κ2) is 7.20. The molecule has 106 valence electrons. The summed E-state index contributed by atoms with van der Waals surface area (Å²) in [5, 5.41) is 11.9. The van der Waals surface area contributed by atoms with Gasteiger partial charge in [0.25, 0.3) is 0 Å². The van der Waals surface area contributed by atoms with Gasteiger partial charge in [0, 0.05) is 6.42 Å². The second-order valence-electron chi connectivity index (χ2n) is 4.80. The number of nitrogens with one attached hydrogen (secondary N) is 1. The van der Waals surface area contributed by atoms with E-state index in [9.17, 15) is 4.79 Å². The summed E-state index contributed by atoms with van der Waals surface area (Å²) in [4.78, 5) is 12.1. The summed E-state index contributed by atoms with van der Waals surface area (Å²) in [6.45, 7) is 0. The fraction of sp³-hybridized carbons (Fsp3) is 0.467. The predicted octanol–water partition coefficient (Wildman–Crippen LogP) is 3.04. The molecule has 4 nitrogen and oxygen atoms in total. The van der Waals surface area contributed by atoms with Crippen LogP contribution in [0.25, 0.3) is 0 Å². The van der Waals surface area contributed by atoms with Crippen LogP contribution in [0.2, 0.25) is 0 Å². The number of carbonyl (C=O) groups is 1. The number of para-hydroxylation sites is 1. The van der Waals surface area contributed by atoms with Crippen molar-refractivity contribution in [3.8, 4) is 11.8 Å². The van der Waals surface area contributed by atoms with Crippen molar-refractivity contribution in [2.45, 2.75) is 19.3 Å². The van der Waals surface area contributed by atoms with E-state index in [-0.39, 0.29) is 5.91 Å². The SMILES string of the molecule is COc1cccc(C#N)c1NC(=O)CC1CCSCC1. The molecule has 0 aromatic heterocycles. The van der Waals surface area contributed by atoms with Crippen molar-refractivity contribution in [2.75, 3.05) is 23.9 Å². The molecule has 2 rings (SSSR count). The van der Waals surface area contributed by atoms with Gasteiger partial charge < -0.3 is 10.1 Å². The topological polar surface area (TPSA) is 62.1 Å². The van der Waals surface area contributed by atoms with Gasteiger partial charge in [-0.25, -0.2) is 0 Å². The van der Waals surface area contributed by atoms with Crippen LogP contribution in [0.3, 0.4) is 0 Å². The highest BCUT2D eigenvalue weighted by molar-refractivity contribution is 7.99. The lowest BCUT2D eigenvalue weighted by Gasteiger charge is -2.21. The number of ether oxygens (including phenoxy) is 1. The van der Waals surface area contributed by atoms with Crippen LogP contribution < -0.4 is 10.1 Å². The lowest BCUT2D eigenvalue weighted by Crippen LogP contribution is -2.20. The van der Waals surface area contributed by atoms with E-state index < -0.39 is 0 Å². The van der Waals surface area contributed by atoms with E-state index in [4.69, 9.17) is 10.00 Å². The molecule has 1 aromatic carbocycles. The summed E-state index contributed by atoms with van der Waals surface area (Å²) in [6.07, 6.45) is 2.70. The number of methoxy groups -OCH3 is 1. The van der Waals surface area contributed by atoms with Crippen LogP contribution in [0.1, 0.15) is 24.8 Å². The molecular weight excluding hydrogens is 272 g/mol. The van der Waals surface area contributed by atoms with Crippen LogP contribution >= 0.6 is 11.8 Å². The van der Waals surface area contributed by atoms with Gasteiger partial charge in [-0.15, -0.1) is 0 Å². The van der Waals surface area contributed by atoms with Crippen LogP contribution in [0.15, 0.2) is 18.2 Å². The Morgan fingerprint density at radius 3 is 2.90 bits per heavy atom. The lowest BCUT2D eigenvalue weighted by molar-refractivity contribution is -0.117. The number of nitrogens with zero attached hydrogens (tertiary/aromatic N) is 1. The number of hydrogen-bond donors (Lipinski definition) is 1. The second-order valence-corrected chi connectivity index (χ2v) is 6.03. The van der Waals surface area contributed by atoms with Crippen molar-refractivity contribution >= 4 is 23.4 Å². The maximum absolute atomic E-state index is 12.1. The molecule has 0 aliphatic carbocycles. The predicted molar refractivity (Wildman–Crippen MR) is 81.0 cm³/mol. The van der Waals surface area contributed by atoms with Gasteiger partial charge in [-0.05, 0) is 42.4 Å². The van der Waals surface area contributed by atoms with E-state index >= 15 is 0 Å². The van der Waals surface area contributed by atoms with Crippen molar-refractivity contribution in [1.82, 2.24) is 0 Å². The van der Waals surface area contributed by atoms with Gasteiger partial charge >= 0.3 is 0 Å². The Balaban J connectivity index is 2.05. The van der Waals surface area contributed by atoms with E-state index in [0.29, 0.717) is 29.3 Å². The molecule has 0 unspecified atom stereocenters. The number of rotatable bonds is 4. The van der Waals surface area contributed by atoms with E-state index in [1.165, 1.54) is 7.11 Å². The van der Waals surface area contributed by atoms with E-state index in [1.54, 1.807) is 18.2 Å². The summed E-state index contributed by atoms with van der Waals surface area (Å²) >= 11 is 1.95. The number of nitriles is 1. The smallest absolute Gasteiger partial charge is 0.224 e. The van der Waals surface area contributed by atoms with E-state index in [1.807, 2.05) is 11.8 Å². The third kappa shape index (κ3) is 3.67. The molecule has 1 aliphatic heterocycles. The minimum atomic E-state index is -0.0390. The first-order chi connectivity index (χ1) is 9.74. The zero-order chi connectivity index (χ0) is 14.4. The summed E-state index contributed by atoms with van der Waals surface area (Å²) in [7, 11) is 1.53. The molecule has 1 aliphatic rings. The highest BCUT2D eigenvalue weighted by atomic mass is 32.2. The first-order valence-corrected chi connectivity index (χ1v) is 7.84. The van der Waals surface area contributed by atoms with Gasteiger partial charge in [0.05, 0.1) is 12.7 Å². The number of carbonyl (C=O) groups excluding carboxylic acids is 1. The van der Waals surface area contributed by atoms with Crippen LogP contribution in [0.4, 0.5) is 5.69 Å². The largest absolute Gasteiger partial charge is 0.495 e. The molecule has 0 spiro atoms. The molecule has 0 radical (unpaired) electrons. The third-order valence-corrected chi connectivity index (χ3v) is 4.49. The summed E-state index contributed by atoms with van der Waals surface area (Å²) in [5.74, 6) is 3.21. The Kier molecular flexibility index (Phi) is 5.31. The first-order valence-electron chi connectivity index (χ1n) is 6.69. The van der Waals surface area contributed by atoms with Crippen molar-refractivity contribution < 1.29 is 9.53 Å². The molecule has 5 heteroatoms. The minimum Gasteiger partial charge on any atom is -0.495 e. The van der Waals surface area contributed by atoms with Crippen molar-refractivity contribution in [2.24, 2.45) is 5.92 Å². The quantitative estimate of drug-likeness (QED) is 0.925. The molecule has 1 N–H and O–H groups in total. The zero-order valence-corrected chi connectivity index (χ0v) is 12.3. The monoisotopic (exact) mass is 290 g/mol. The summed E-state index contributed by atoms with van der Waals surface area (Å²) in [5.41, 5.74) is 0.907. The highest BCUT2D eigenvalue weighted by Gasteiger charge is 2.19. The number of hydrogen-bond acceptors (Lipinski definition) is 4. The molecule has 1 aromatic rings. The Hall–Kier alpha value is -1.67. The molecule has 1 fully saturated rings. The lowest BCUT2D eigenvalue weighted by atomic mass is 9.98. The molecule has 0 bridgehead atoms. The summed E-state index contributed by atoms with van der Waals surface area (Å²) in [6, 6.07) is 7.24. The first kappa shape index (κ1) is 14.7. The standard InChI is InChI=1S/C15H18N2O2S/c1-19-13-4-2-3-12(10-16)15(13)17-14(18)9-11-5-7-20-8-6-11/h2-4,11H,5-9H2,1H3,(H,17,18). The Morgan fingerprint density at radius 1 is 1.50 bits per heavy atom. The van der Waals surface area contributed by atoms with Crippen LogP contribution in [0, 0.1) is 17.2 Å². The molecule has 1 amide bonds. The molecule has 1 saturated heterocycles.